The smallest absolute Gasteiger partial charge is 0.304 e. The van der Waals surface area contributed by atoms with Crippen LogP contribution < -0.4 is 0 Å². The number of benzene rings is 1. The van der Waals surface area contributed by atoms with E-state index < -0.39 is 12.1 Å². The number of aliphatic hydroxyl groups excluding tert-OH is 1. The molecule has 0 spiro atoms. The summed E-state index contributed by atoms with van der Waals surface area (Å²) in [6.07, 6.45) is 14.3. The van der Waals surface area contributed by atoms with Crippen LogP contribution in [0.5, 0.6) is 0 Å². The Hall–Kier alpha value is -2.68. The molecule has 0 fully saturated rings. The molecule has 1 aliphatic rings. The van der Waals surface area contributed by atoms with Crippen LogP contribution in [0.1, 0.15) is 55.5 Å². The summed E-state index contributed by atoms with van der Waals surface area (Å²) in [7, 11) is 0. The molecule has 0 radical (unpaired) electrons. The monoisotopic (exact) mass is 435 g/mol. The molecule has 0 bridgehead atoms. The first kappa shape index (κ1) is 23.0. The average molecular weight is 436 g/mol. The summed E-state index contributed by atoms with van der Waals surface area (Å²) in [5.74, 6) is 1.76. The number of aryl methyl sites for hydroxylation is 1. The number of hydrogen-bond acceptors (Lipinski definition) is 3. The van der Waals surface area contributed by atoms with E-state index in [1.165, 1.54) is 5.56 Å². The summed E-state index contributed by atoms with van der Waals surface area (Å²) < 4.78 is 2.18. The summed E-state index contributed by atoms with van der Waals surface area (Å²) in [5.41, 5.74) is 5.93. The number of hydrogen-bond donors (Lipinski definition) is 2. The predicted octanol–water partition coefficient (Wildman–Crippen LogP) is 5.61. The lowest BCUT2D eigenvalue weighted by Crippen LogP contribution is -2.12. The molecule has 2 atom stereocenters. The van der Waals surface area contributed by atoms with E-state index in [4.69, 9.17) is 6.42 Å². The van der Waals surface area contributed by atoms with Crippen molar-refractivity contribution in [3.63, 3.8) is 0 Å². The maximum absolute atomic E-state index is 11.6. The van der Waals surface area contributed by atoms with Crippen LogP contribution in [-0.4, -0.2) is 27.0 Å². The summed E-state index contributed by atoms with van der Waals surface area (Å²) >= 11 is 1.64. The van der Waals surface area contributed by atoms with Crippen LogP contribution in [0.15, 0.2) is 53.0 Å². The van der Waals surface area contributed by atoms with Gasteiger partial charge in [0.1, 0.15) is 0 Å². The predicted molar refractivity (Wildman–Crippen MR) is 129 cm³/mol. The first-order valence-corrected chi connectivity index (χ1v) is 11.6. The molecule has 1 aromatic heterocycles. The minimum absolute atomic E-state index is 0.0586. The summed E-state index contributed by atoms with van der Waals surface area (Å²) in [5, 5.41) is 21.2. The normalized spacial score (nSPS) is 17.1. The van der Waals surface area contributed by atoms with Crippen molar-refractivity contribution >= 4 is 28.6 Å². The zero-order valence-corrected chi connectivity index (χ0v) is 19.1. The zero-order chi connectivity index (χ0) is 22.7. The maximum Gasteiger partial charge on any atom is 0.304 e. The molecule has 4 nitrogen and oxygen atoms in total. The molecule has 0 aliphatic heterocycles. The Morgan fingerprint density at radius 1 is 1.45 bits per heavy atom. The standard InChI is InChI=1S/C26H29NO3S/c1-6-7-18(9-8-16(2)3)15-27-25-19(12-24(29)30)10-11-21(25)23-14-20(31-5)13-22(17(4)28)26(23)27/h1,7-9,13-14,17,19,28H,2,10-12,15H2,3-5H3,(H,29,30)/b9-8-,18-7+. The SMILES string of the molecule is C#C/C=C(\C=C/C(=C)C)Cn1c2c(c3cc(SC)cc(C(C)O)c31)CCC2CC(=O)O. The Balaban J connectivity index is 2.29. The highest BCUT2D eigenvalue weighted by molar-refractivity contribution is 7.98. The molecule has 31 heavy (non-hydrogen) atoms. The quantitative estimate of drug-likeness (QED) is 0.321. The minimum Gasteiger partial charge on any atom is -0.481 e. The summed E-state index contributed by atoms with van der Waals surface area (Å²) in [4.78, 5) is 12.6. The maximum atomic E-state index is 11.6. The molecule has 2 N–H and O–H groups in total. The van der Waals surface area contributed by atoms with Crippen LogP contribution in [0.3, 0.4) is 0 Å². The number of terminal acetylenes is 1. The number of aliphatic hydroxyl groups is 1. The van der Waals surface area contributed by atoms with Crippen molar-refractivity contribution in [2.75, 3.05) is 6.26 Å². The van der Waals surface area contributed by atoms with Gasteiger partial charge in [0, 0.05) is 34.0 Å². The molecule has 1 heterocycles. The van der Waals surface area contributed by atoms with Crippen molar-refractivity contribution in [1.82, 2.24) is 4.57 Å². The van der Waals surface area contributed by atoms with E-state index in [0.29, 0.717) is 6.54 Å². The molecular formula is C26H29NO3S. The lowest BCUT2D eigenvalue weighted by Gasteiger charge is -2.19. The fraction of sp³-hybridized carbons (Fsp3) is 0.346. The van der Waals surface area contributed by atoms with Gasteiger partial charge in [0.2, 0.25) is 0 Å². The van der Waals surface area contributed by atoms with Gasteiger partial charge in [-0.25, -0.2) is 0 Å². The molecule has 3 rings (SSSR count). The third kappa shape index (κ3) is 4.81. The lowest BCUT2D eigenvalue weighted by molar-refractivity contribution is -0.137. The van der Waals surface area contributed by atoms with E-state index in [0.717, 1.165) is 51.0 Å². The third-order valence-corrected chi connectivity index (χ3v) is 6.44. The van der Waals surface area contributed by atoms with E-state index >= 15 is 0 Å². The Labute approximate surface area is 188 Å². The molecule has 1 aliphatic carbocycles. The molecule has 1 aromatic carbocycles. The van der Waals surface area contributed by atoms with Gasteiger partial charge in [-0.15, -0.1) is 18.2 Å². The van der Waals surface area contributed by atoms with Crippen molar-refractivity contribution in [3.05, 3.63) is 64.9 Å². The first-order valence-electron chi connectivity index (χ1n) is 10.4. The molecular weight excluding hydrogens is 406 g/mol. The third-order valence-electron chi connectivity index (χ3n) is 5.74. The van der Waals surface area contributed by atoms with Gasteiger partial charge in [-0.05, 0) is 62.3 Å². The van der Waals surface area contributed by atoms with Gasteiger partial charge >= 0.3 is 5.97 Å². The van der Waals surface area contributed by atoms with E-state index in [-0.39, 0.29) is 12.3 Å². The number of fused-ring (bicyclic) bond motifs is 3. The van der Waals surface area contributed by atoms with Crippen LogP contribution >= 0.6 is 11.8 Å². The highest BCUT2D eigenvalue weighted by Gasteiger charge is 2.32. The van der Waals surface area contributed by atoms with Gasteiger partial charge < -0.3 is 14.8 Å². The highest BCUT2D eigenvalue weighted by atomic mass is 32.2. The van der Waals surface area contributed by atoms with Gasteiger partial charge in [-0.1, -0.05) is 30.2 Å². The second-order valence-electron chi connectivity index (χ2n) is 8.14. The molecule has 0 saturated carbocycles. The van der Waals surface area contributed by atoms with Crippen LogP contribution in [-0.2, 0) is 17.8 Å². The Morgan fingerprint density at radius 3 is 2.77 bits per heavy atom. The molecule has 0 saturated heterocycles. The molecule has 162 valence electrons. The van der Waals surface area contributed by atoms with E-state index in [1.54, 1.807) is 24.8 Å². The number of nitrogens with zero attached hydrogens (tertiary/aromatic N) is 1. The van der Waals surface area contributed by atoms with E-state index in [9.17, 15) is 15.0 Å². The Kier molecular flexibility index (Phi) is 7.15. The Bertz CT molecular complexity index is 1130. The topological polar surface area (TPSA) is 62.5 Å². The first-order chi connectivity index (χ1) is 14.8. The molecule has 5 heteroatoms. The van der Waals surface area contributed by atoms with Gasteiger partial charge in [-0.3, -0.25) is 4.79 Å². The molecule has 2 unspecified atom stereocenters. The van der Waals surface area contributed by atoms with Gasteiger partial charge in [0.15, 0.2) is 0 Å². The van der Waals surface area contributed by atoms with E-state index in [2.05, 4.69) is 23.1 Å². The molecule has 2 aromatic rings. The van der Waals surface area contributed by atoms with Crippen molar-refractivity contribution in [3.8, 4) is 12.3 Å². The molecule has 0 amide bonds. The van der Waals surface area contributed by atoms with Crippen LogP contribution in [0.4, 0.5) is 0 Å². The van der Waals surface area contributed by atoms with Crippen LogP contribution in [0.2, 0.25) is 0 Å². The largest absolute Gasteiger partial charge is 0.481 e. The number of carboxylic acid groups (broad SMARTS) is 1. The van der Waals surface area contributed by atoms with Crippen LogP contribution in [0, 0.1) is 12.3 Å². The van der Waals surface area contributed by atoms with Crippen LogP contribution in [0.25, 0.3) is 10.9 Å². The van der Waals surface area contributed by atoms with Gasteiger partial charge in [-0.2, -0.15) is 0 Å². The number of allylic oxidation sites excluding steroid dienone is 5. The number of rotatable bonds is 8. The van der Waals surface area contributed by atoms with Crippen molar-refractivity contribution < 1.29 is 15.0 Å². The summed E-state index contributed by atoms with van der Waals surface area (Å²) in [6, 6.07) is 4.20. The summed E-state index contributed by atoms with van der Waals surface area (Å²) in [6.45, 7) is 8.12. The van der Waals surface area contributed by atoms with Crippen molar-refractivity contribution in [2.45, 2.75) is 56.6 Å². The Morgan fingerprint density at radius 2 is 2.19 bits per heavy atom. The lowest BCUT2D eigenvalue weighted by atomic mass is 10.0. The number of carbonyl (C=O) groups is 1. The van der Waals surface area contributed by atoms with Crippen molar-refractivity contribution in [1.29, 1.82) is 0 Å². The number of thioether (sulfide) groups is 1. The fourth-order valence-electron chi connectivity index (χ4n) is 4.46. The minimum atomic E-state index is -0.795. The van der Waals surface area contributed by atoms with E-state index in [1.807, 2.05) is 31.4 Å². The number of carboxylic acids is 1. The number of aromatic nitrogens is 1. The van der Waals surface area contributed by atoms with Gasteiger partial charge in [0.05, 0.1) is 18.0 Å². The average Bonchev–Trinajstić information content (AvgIpc) is 3.24. The second-order valence-corrected chi connectivity index (χ2v) is 9.02. The zero-order valence-electron chi connectivity index (χ0n) is 18.3. The second kappa shape index (κ2) is 9.64. The van der Waals surface area contributed by atoms with Crippen molar-refractivity contribution in [2.24, 2.45) is 0 Å². The number of aliphatic carboxylic acids is 1. The highest BCUT2D eigenvalue weighted by Crippen LogP contribution is 2.45. The van der Waals surface area contributed by atoms with Gasteiger partial charge in [0.25, 0.3) is 0 Å². The fourth-order valence-corrected chi connectivity index (χ4v) is 4.94.